The maximum Gasteiger partial charge on any atom is 0.127 e. The summed E-state index contributed by atoms with van der Waals surface area (Å²) in [4.78, 5) is 4.85. The Morgan fingerprint density at radius 3 is 2.74 bits per heavy atom. The van der Waals surface area contributed by atoms with Crippen LogP contribution in [0.5, 0.6) is 0 Å². The molecule has 1 unspecified atom stereocenters. The minimum absolute atomic E-state index is 0.341. The quantitative estimate of drug-likeness (QED) is 0.766. The zero-order valence-corrected chi connectivity index (χ0v) is 14.3. The molecular formula is C19H24N4. The predicted octanol–water partition coefficient (Wildman–Crippen LogP) is 4.25. The van der Waals surface area contributed by atoms with Gasteiger partial charge in [-0.3, -0.25) is 4.68 Å². The van der Waals surface area contributed by atoms with E-state index in [0.717, 1.165) is 24.3 Å². The number of nitrogens with zero attached hydrogens (tertiary/aromatic N) is 3. The summed E-state index contributed by atoms with van der Waals surface area (Å²) >= 11 is 0. The zero-order chi connectivity index (χ0) is 16.4. The summed E-state index contributed by atoms with van der Waals surface area (Å²) in [5.41, 5.74) is 4.92. The molecule has 0 amide bonds. The first kappa shape index (κ1) is 15.5. The lowest BCUT2D eigenvalue weighted by Gasteiger charge is -2.17. The third-order valence-electron chi connectivity index (χ3n) is 4.46. The summed E-state index contributed by atoms with van der Waals surface area (Å²) < 4.78 is 1.96. The molecule has 1 aromatic carbocycles. The Morgan fingerprint density at radius 1 is 1.17 bits per heavy atom. The van der Waals surface area contributed by atoms with Crippen LogP contribution in [0.2, 0.25) is 0 Å². The Hall–Kier alpha value is -2.36. The molecule has 0 saturated carbocycles. The molecule has 0 bridgehead atoms. The van der Waals surface area contributed by atoms with Crippen LogP contribution in [0.4, 0.5) is 5.82 Å². The van der Waals surface area contributed by atoms with Crippen LogP contribution in [0, 0.1) is 20.8 Å². The van der Waals surface area contributed by atoms with Gasteiger partial charge in [-0.2, -0.15) is 5.10 Å². The molecular weight excluding hydrogens is 284 g/mol. The van der Waals surface area contributed by atoms with Crippen molar-refractivity contribution in [1.29, 1.82) is 0 Å². The van der Waals surface area contributed by atoms with E-state index in [9.17, 15) is 0 Å². The van der Waals surface area contributed by atoms with Crippen molar-refractivity contribution in [2.75, 3.05) is 5.32 Å². The Bertz CT molecular complexity index is 806. The molecule has 4 nitrogen and oxygen atoms in total. The van der Waals surface area contributed by atoms with Crippen LogP contribution in [0.15, 0.2) is 36.7 Å². The van der Waals surface area contributed by atoms with Crippen molar-refractivity contribution in [3.63, 3.8) is 0 Å². The monoisotopic (exact) mass is 308 g/mol. The lowest BCUT2D eigenvalue weighted by atomic mass is 10.0. The van der Waals surface area contributed by atoms with Crippen molar-refractivity contribution in [2.45, 2.75) is 46.7 Å². The minimum atomic E-state index is 0.341. The number of pyridine rings is 1. The van der Waals surface area contributed by atoms with Crippen LogP contribution in [-0.4, -0.2) is 20.8 Å². The first-order valence-corrected chi connectivity index (χ1v) is 8.16. The number of nitrogens with one attached hydrogen (secondary N) is 1. The van der Waals surface area contributed by atoms with E-state index in [4.69, 9.17) is 4.98 Å². The maximum absolute atomic E-state index is 4.85. The van der Waals surface area contributed by atoms with E-state index in [0.29, 0.717) is 6.04 Å². The minimum Gasteiger partial charge on any atom is -0.368 e. The number of fused-ring (bicyclic) bond motifs is 1. The fourth-order valence-electron chi connectivity index (χ4n) is 2.86. The highest BCUT2D eigenvalue weighted by Gasteiger charge is 2.09. The van der Waals surface area contributed by atoms with Crippen LogP contribution in [0.25, 0.3) is 10.9 Å². The number of hydrogen-bond acceptors (Lipinski definition) is 3. The first-order chi connectivity index (χ1) is 11.0. The molecule has 23 heavy (non-hydrogen) atoms. The SMILES string of the molecule is Cc1ccc2c(C)cc(NC(C)CCn3cccn3)nc2c1C. The van der Waals surface area contributed by atoms with E-state index in [1.165, 1.54) is 22.1 Å². The number of aryl methyl sites for hydroxylation is 4. The van der Waals surface area contributed by atoms with Crippen LogP contribution in [0.3, 0.4) is 0 Å². The summed E-state index contributed by atoms with van der Waals surface area (Å²) in [5, 5.41) is 9.02. The molecule has 0 radical (unpaired) electrons. The van der Waals surface area contributed by atoms with Crippen LogP contribution in [0.1, 0.15) is 30.0 Å². The highest BCUT2D eigenvalue weighted by Crippen LogP contribution is 2.25. The molecule has 2 aromatic heterocycles. The Morgan fingerprint density at radius 2 is 2.00 bits per heavy atom. The average molecular weight is 308 g/mol. The molecule has 0 fully saturated rings. The molecule has 1 atom stereocenters. The molecule has 3 rings (SSSR count). The van der Waals surface area contributed by atoms with E-state index in [1.54, 1.807) is 0 Å². The highest BCUT2D eigenvalue weighted by molar-refractivity contribution is 5.87. The molecule has 1 N–H and O–H groups in total. The van der Waals surface area contributed by atoms with Gasteiger partial charge in [-0.1, -0.05) is 12.1 Å². The fourth-order valence-corrected chi connectivity index (χ4v) is 2.86. The van der Waals surface area contributed by atoms with Gasteiger partial charge in [0.25, 0.3) is 0 Å². The van der Waals surface area contributed by atoms with Gasteiger partial charge in [-0.25, -0.2) is 4.98 Å². The number of hydrogen-bond donors (Lipinski definition) is 1. The van der Waals surface area contributed by atoms with Gasteiger partial charge in [-0.15, -0.1) is 0 Å². The van der Waals surface area contributed by atoms with E-state index in [1.807, 2.05) is 23.1 Å². The third kappa shape index (κ3) is 3.36. The number of aromatic nitrogens is 3. The Labute approximate surface area is 137 Å². The van der Waals surface area contributed by atoms with Gasteiger partial charge in [-0.05, 0) is 62.9 Å². The lowest BCUT2D eigenvalue weighted by Crippen LogP contribution is -2.18. The van der Waals surface area contributed by atoms with Crippen LogP contribution in [-0.2, 0) is 6.54 Å². The molecule has 120 valence electrons. The van der Waals surface area contributed by atoms with Crippen LogP contribution >= 0.6 is 0 Å². The predicted molar refractivity (Wildman–Crippen MR) is 95.9 cm³/mol. The van der Waals surface area contributed by atoms with Gasteiger partial charge in [0.15, 0.2) is 0 Å². The standard InChI is InChI=1S/C19H24N4/c1-13-6-7-17-14(2)12-18(22-19(17)16(13)4)21-15(3)8-11-23-10-5-9-20-23/h5-7,9-10,12,15H,8,11H2,1-4H3,(H,21,22). The van der Waals surface area contributed by atoms with Crippen LogP contribution < -0.4 is 5.32 Å². The van der Waals surface area contributed by atoms with Crippen molar-refractivity contribution in [3.05, 3.63) is 53.3 Å². The van der Waals surface area contributed by atoms with Gasteiger partial charge >= 0.3 is 0 Å². The van der Waals surface area contributed by atoms with Crippen molar-refractivity contribution in [3.8, 4) is 0 Å². The molecule has 0 aliphatic heterocycles. The second-order valence-corrected chi connectivity index (χ2v) is 6.33. The van der Waals surface area contributed by atoms with Crippen molar-refractivity contribution >= 4 is 16.7 Å². The Balaban J connectivity index is 1.78. The van der Waals surface area contributed by atoms with Gasteiger partial charge in [0, 0.05) is 30.4 Å². The average Bonchev–Trinajstić information content (AvgIpc) is 3.03. The molecule has 0 aliphatic rings. The van der Waals surface area contributed by atoms with E-state index in [2.05, 4.69) is 56.3 Å². The second-order valence-electron chi connectivity index (χ2n) is 6.33. The van der Waals surface area contributed by atoms with Crippen molar-refractivity contribution < 1.29 is 0 Å². The summed E-state index contributed by atoms with van der Waals surface area (Å²) in [5.74, 6) is 0.955. The molecule has 2 heterocycles. The Kier molecular flexibility index (Phi) is 4.33. The largest absolute Gasteiger partial charge is 0.368 e. The van der Waals surface area contributed by atoms with Gasteiger partial charge in [0.05, 0.1) is 5.52 Å². The van der Waals surface area contributed by atoms with E-state index < -0.39 is 0 Å². The summed E-state index contributed by atoms with van der Waals surface area (Å²) in [6.45, 7) is 9.53. The smallest absolute Gasteiger partial charge is 0.127 e. The highest BCUT2D eigenvalue weighted by atomic mass is 15.3. The molecule has 4 heteroatoms. The van der Waals surface area contributed by atoms with Gasteiger partial charge in [0.2, 0.25) is 0 Å². The van der Waals surface area contributed by atoms with Gasteiger partial charge in [0.1, 0.15) is 5.82 Å². The second kappa shape index (κ2) is 6.41. The molecule has 3 aromatic rings. The van der Waals surface area contributed by atoms with E-state index >= 15 is 0 Å². The topological polar surface area (TPSA) is 42.7 Å². The normalized spacial score (nSPS) is 12.5. The van der Waals surface area contributed by atoms with Gasteiger partial charge < -0.3 is 5.32 Å². The zero-order valence-electron chi connectivity index (χ0n) is 14.3. The number of benzene rings is 1. The fraction of sp³-hybridized carbons (Fsp3) is 0.368. The summed E-state index contributed by atoms with van der Waals surface area (Å²) in [6.07, 6.45) is 4.82. The molecule has 0 spiro atoms. The molecule has 0 aliphatic carbocycles. The third-order valence-corrected chi connectivity index (χ3v) is 4.46. The summed E-state index contributed by atoms with van der Waals surface area (Å²) in [7, 11) is 0. The maximum atomic E-state index is 4.85. The first-order valence-electron chi connectivity index (χ1n) is 8.16. The molecule has 0 saturated heterocycles. The van der Waals surface area contributed by atoms with Crippen molar-refractivity contribution in [1.82, 2.24) is 14.8 Å². The number of rotatable bonds is 5. The van der Waals surface area contributed by atoms with E-state index in [-0.39, 0.29) is 0 Å². The lowest BCUT2D eigenvalue weighted by molar-refractivity contribution is 0.545. The summed E-state index contributed by atoms with van der Waals surface area (Å²) in [6, 6.07) is 8.78. The van der Waals surface area contributed by atoms with Crippen molar-refractivity contribution in [2.24, 2.45) is 0 Å². The number of anilines is 1.